The largest absolute Gasteiger partial charge is 0.383 e. The maximum atomic E-state index is 11.1. The molecule has 0 aromatic rings. The van der Waals surface area contributed by atoms with Crippen molar-refractivity contribution in [2.45, 2.75) is 13.0 Å². The number of rotatable bonds is 6. The third-order valence-corrected chi connectivity index (χ3v) is 2.02. The van der Waals surface area contributed by atoms with E-state index in [1.165, 1.54) is 14.0 Å². The number of hydrogen-bond donors (Lipinski definition) is 3. The first-order chi connectivity index (χ1) is 6.37. The lowest BCUT2D eigenvalue weighted by Gasteiger charge is -2.11. The molecule has 0 saturated carbocycles. The fourth-order valence-corrected chi connectivity index (χ4v) is 1.33. The molecule has 0 fully saturated rings. The van der Waals surface area contributed by atoms with Crippen molar-refractivity contribution in [3.8, 4) is 0 Å². The van der Waals surface area contributed by atoms with E-state index in [1.54, 1.807) is 0 Å². The topological polar surface area (TPSA) is 111 Å². The number of methoxy groups -OCH3 is 1. The van der Waals surface area contributed by atoms with Crippen LogP contribution in [0.25, 0.3) is 0 Å². The molecule has 0 saturated heterocycles. The molecule has 1 atom stereocenters. The summed E-state index contributed by atoms with van der Waals surface area (Å²) in [5.41, 5.74) is 0. The summed E-state index contributed by atoms with van der Waals surface area (Å²) >= 11 is 0. The van der Waals surface area contributed by atoms with Gasteiger partial charge in [-0.3, -0.25) is 4.79 Å². The Morgan fingerprint density at radius 2 is 2.14 bits per heavy atom. The monoisotopic (exact) mass is 225 g/mol. The first-order valence-electron chi connectivity index (χ1n) is 3.93. The molecule has 0 spiro atoms. The van der Waals surface area contributed by atoms with E-state index in [4.69, 9.17) is 4.74 Å². The molecular formula is C6H15N3O4S. The molecule has 0 aliphatic carbocycles. The number of ether oxygens (including phenoxy) is 1. The van der Waals surface area contributed by atoms with Crippen molar-refractivity contribution in [3.05, 3.63) is 0 Å². The standard InChI is InChI=1S/C6H15N3O4S/c1-5(9-14(7,11)12)6(10)8-3-4-13-2/h5,9H,3-4H2,1-2H3,(H,8,10)(H2,7,11,12). The van der Waals surface area contributed by atoms with Gasteiger partial charge in [-0.1, -0.05) is 0 Å². The molecule has 0 aliphatic heterocycles. The Morgan fingerprint density at radius 1 is 1.57 bits per heavy atom. The van der Waals surface area contributed by atoms with Gasteiger partial charge in [0.1, 0.15) is 0 Å². The highest BCUT2D eigenvalue weighted by atomic mass is 32.2. The van der Waals surface area contributed by atoms with Gasteiger partial charge in [-0.15, -0.1) is 0 Å². The predicted molar refractivity (Wildman–Crippen MR) is 50.6 cm³/mol. The smallest absolute Gasteiger partial charge is 0.275 e. The lowest BCUT2D eigenvalue weighted by molar-refractivity contribution is -0.122. The van der Waals surface area contributed by atoms with Gasteiger partial charge in [0.15, 0.2) is 0 Å². The highest BCUT2D eigenvalue weighted by molar-refractivity contribution is 7.87. The molecule has 0 radical (unpaired) electrons. The number of carbonyl (C=O) groups is 1. The summed E-state index contributed by atoms with van der Waals surface area (Å²) in [6.07, 6.45) is 0. The summed E-state index contributed by atoms with van der Waals surface area (Å²) in [6, 6.07) is -0.887. The average Bonchev–Trinajstić information content (AvgIpc) is 2.01. The van der Waals surface area contributed by atoms with Crippen molar-refractivity contribution >= 4 is 16.1 Å². The minimum Gasteiger partial charge on any atom is -0.383 e. The maximum absolute atomic E-state index is 11.1. The molecule has 0 aromatic carbocycles. The van der Waals surface area contributed by atoms with Crippen molar-refractivity contribution < 1.29 is 17.9 Å². The Morgan fingerprint density at radius 3 is 2.57 bits per heavy atom. The first kappa shape index (κ1) is 13.3. The Bertz CT molecular complexity index is 277. The summed E-state index contributed by atoms with van der Waals surface area (Å²) < 4.78 is 27.7. The van der Waals surface area contributed by atoms with Gasteiger partial charge in [0.2, 0.25) is 5.91 Å². The van der Waals surface area contributed by atoms with Gasteiger partial charge in [0.05, 0.1) is 12.6 Å². The van der Waals surface area contributed by atoms with E-state index in [9.17, 15) is 13.2 Å². The third kappa shape index (κ3) is 6.78. The Labute approximate surface area is 83.2 Å². The van der Waals surface area contributed by atoms with Crippen molar-refractivity contribution in [2.24, 2.45) is 5.14 Å². The second kappa shape index (κ2) is 5.91. The molecular weight excluding hydrogens is 210 g/mol. The fraction of sp³-hybridized carbons (Fsp3) is 0.833. The number of amides is 1. The number of nitrogens with one attached hydrogen (secondary N) is 2. The molecule has 0 aliphatic rings. The first-order valence-corrected chi connectivity index (χ1v) is 5.48. The van der Waals surface area contributed by atoms with Crippen LogP contribution < -0.4 is 15.2 Å². The minimum absolute atomic E-state index is 0.325. The van der Waals surface area contributed by atoms with E-state index in [2.05, 4.69) is 10.5 Å². The molecule has 0 aromatic heterocycles. The molecule has 0 bridgehead atoms. The van der Waals surface area contributed by atoms with E-state index in [-0.39, 0.29) is 0 Å². The van der Waals surface area contributed by atoms with E-state index in [1.807, 2.05) is 4.72 Å². The highest BCUT2D eigenvalue weighted by Crippen LogP contribution is 1.83. The lowest BCUT2D eigenvalue weighted by atomic mass is 10.3. The van der Waals surface area contributed by atoms with Gasteiger partial charge in [0, 0.05) is 13.7 Å². The molecule has 1 unspecified atom stereocenters. The van der Waals surface area contributed by atoms with Gasteiger partial charge < -0.3 is 10.1 Å². The summed E-state index contributed by atoms with van der Waals surface area (Å²) in [4.78, 5) is 11.1. The van der Waals surface area contributed by atoms with Gasteiger partial charge in [0.25, 0.3) is 10.2 Å². The van der Waals surface area contributed by atoms with Crippen LogP contribution >= 0.6 is 0 Å². The van der Waals surface area contributed by atoms with Crippen molar-refractivity contribution in [2.75, 3.05) is 20.3 Å². The van der Waals surface area contributed by atoms with Crippen molar-refractivity contribution in [1.82, 2.24) is 10.0 Å². The van der Waals surface area contributed by atoms with Crippen LogP contribution in [0.3, 0.4) is 0 Å². The van der Waals surface area contributed by atoms with Crippen LogP contribution in [0.1, 0.15) is 6.92 Å². The summed E-state index contributed by atoms with van der Waals surface area (Å²) in [6.45, 7) is 2.09. The SMILES string of the molecule is COCCNC(=O)C(C)NS(N)(=O)=O. The quantitative estimate of drug-likeness (QED) is 0.451. The Kier molecular flexibility index (Phi) is 5.62. The van der Waals surface area contributed by atoms with Crippen molar-refractivity contribution in [3.63, 3.8) is 0 Å². The summed E-state index contributed by atoms with van der Waals surface area (Å²) in [7, 11) is -2.34. The molecule has 7 nitrogen and oxygen atoms in total. The fourth-order valence-electron chi connectivity index (χ4n) is 0.729. The van der Waals surface area contributed by atoms with Crippen LogP contribution in [0.5, 0.6) is 0 Å². The minimum atomic E-state index is -3.84. The molecule has 0 rings (SSSR count). The molecule has 0 heterocycles. The molecule has 84 valence electrons. The lowest BCUT2D eigenvalue weighted by Crippen LogP contribution is -2.47. The molecule has 4 N–H and O–H groups in total. The molecule has 8 heteroatoms. The van der Waals surface area contributed by atoms with E-state index >= 15 is 0 Å². The Balaban J connectivity index is 3.88. The molecule has 14 heavy (non-hydrogen) atoms. The van der Waals surface area contributed by atoms with Crippen LogP contribution in [0.4, 0.5) is 0 Å². The van der Waals surface area contributed by atoms with Crippen LogP contribution in [0, 0.1) is 0 Å². The van der Waals surface area contributed by atoms with Gasteiger partial charge in [-0.25, -0.2) is 5.14 Å². The van der Waals surface area contributed by atoms with E-state index < -0.39 is 22.2 Å². The van der Waals surface area contributed by atoms with Gasteiger partial charge >= 0.3 is 0 Å². The van der Waals surface area contributed by atoms with Crippen LogP contribution in [-0.2, 0) is 19.7 Å². The zero-order chi connectivity index (χ0) is 11.2. The number of nitrogens with two attached hydrogens (primary N) is 1. The zero-order valence-corrected chi connectivity index (χ0v) is 8.93. The van der Waals surface area contributed by atoms with Crippen LogP contribution in [0.2, 0.25) is 0 Å². The van der Waals surface area contributed by atoms with Crippen LogP contribution in [0.15, 0.2) is 0 Å². The maximum Gasteiger partial charge on any atom is 0.275 e. The number of hydrogen-bond acceptors (Lipinski definition) is 4. The Hall–Kier alpha value is -0.700. The third-order valence-electron chi connectivity index (χ3n) is 1.34. The van der Waals surface area contributed by atoms with Crippen molar-refractivity contribution in [1.29, 1.82) is 0 Å². The van der Waals surface area contributed by atoms with E-state index in [0.717, 1.165) is 0 Å². The second-order valence-corrected chi connectivity index (χ2v) is 3.99. The predicted octanol–water partition coefficient (Wildman–Crippen LogP) is -2.07. The molecule has 1 amide bonds. The normalized spacial score (nSPS) is 13.6. The van der Waals surface area contributed by atoms with Gasteiger partial charge in [-0.05, 0) is 6.92 Å². The second-order valence-electron chi connectivity index (χ2n) is 2.67. The summed E-state index contributed by atoms with van der Waals surface area (Å²) in [5.74, 6) is -0.448. The zero-order valence-electron chi connectivity index (χ0n) is 8.11. The van der Waals surface area contributed by atoms with Crippen LogP contribution in [-0.4, -0.2) is 40.6 Å². The van der Waals surface area contributed by atoms with E-state index in [0.29, 0.717) is 13.2 Å². The highest BCUT2D eigenvalue weighted by Gasteiger charge is 2.16. The summed E-state index contributed by atoms with van der Waals surface area (Å²) in [5, 5.41) is 7.14. The average molecular weight is 225 g/mol. The number of carbonyl (C=O) groups excluding carboxylic acids is 1. The van der Waals surface area contributed by atoms with Gasteiger partial charge in [-0.2, -0.15) is 13.1 Å².